The van der Waals surface area contributed by atoms with Gasteiger partial charge in [-0.3, -0.25) is 10.1 Å². The van der Waals surface area contributed by atoms with Crippen molar-refractivity contribution in [3.63, 3.8) is 0 Å². The molecule has 1 aromatic heterocycles. The molecule has 0 bridgehead atoms. The van der Waals surface area contributed by atoms with Crippen LogP contribution in [-0.2, 0) is 0 Å². The van der Waals surface area contributed by atoms with Gasteiger partial charge in [0.25, 0.3) is 5.69 Å². The molecular weight excluding hydrogens is 360 g/mol. The Morgan fingerprint density at radius 2 is 1.67 bits per heavy atom. The Hall–Kier alpha value is -3.45. The van der Waals surface area contributed by atoms with Gasteiger partial charge in [-0.1, -0.05) is 36.0 Å². The highest BCUT2D eigenvalue weighted by atomic mass is 32.2. The van der Waals surface area contributed by atoms with Gasteiger partial charge < -0.3 is 16.5 Å². The van der Waals surface area contributed by atoms with Crippen molar-refractivity contribution < 1.29 is 4.92 Å². The van der Waals surface area contributed by atoms with Crippen LogP contribution >= 0.6 is 11.8 Å². The molecule has 0 aliphatic carbocycles. The third-order valence-electron chi connectivity index (χ3n) is 4.33. The average molecular weight is 376 g/mol. The fraction of sp³-hybridized carbons (Fsp3) is 0. The van der Waals surface area contributed by atoms with Gasteiger partial charge in [0.2, 0.25) is 0 Å². The number of benzene rings is 3. The van der Waals surface area contributed by atoms with E-state index in [1.807, 2.05) is 42.5 Å². The summed E-state index contributed by atoms with van der Waals surface area (Å²) in [7, 11) is 0. The first-order chi connectivity index (χ1) is 13.0. The topological polar surface area (TPSA) is 111 Å². The molecule has 4 rings (SSSR count). The number of aromatic amines is 1. The number of anilines is 2. The van der Waals surface area contributed by atoms with Gasteiger partial charge in [0.1, 0.15) is 0 Å². The van der Waals surface area contributed by atoms with Crippen LogP contribution in [0.1, 0.15) is 0 Å². The molecule has 0 saturated heterocycles. The number of H-pyrrole nitrogens is 1. The third-order valence-corrected chi connectivity index (χ3v) is 5.40. The molecule has 3 aromatic carbocycles. The maximum Gasteiger partial charge on any atom is 0.269 e. The lowest BCUT2D eigenvalue weighted by Crippen LogP contribution is -1.95. The van der Waals surface area contributed by atoms with E-state index in [4.69, 9.17) is 11.5 Å². The van der Waals surface area contributed by atoms with Gasteiger partial charge in [-0.25, -0.2) is 0 Å². The second-order valence-electron chi connectivity index (χ2n) is 6.03. The molecule has 134 valence electrons. The van der Waals surface area contributed by atoms with Crippen LogP contribution in [0.15, 0.2) is 76.5 Å². The molecule has 6 nitrogen and oxygen atoms in total. The highest BCUT2D eigenvalue weighted by Crippen LogP contribution is 2.43. The smallest absolute Gasteiger partial charge is 0.269 e. The van der Waals surface area contributed by atoms with Gasteiger partial charge in [0.05, 0.1) is 16.3 Å². The Morgan fingerprint density at radius 1 is 0.926 bits per heavy atom. The van der Waals surface area contributed by atoms with Crippen molar-refractivity contribution in [2.75, 3.05) is 11.5 Å². The number of rotatable bonds is 4. The van der Waals surface area contributed by atoms with E-state index in [1.165, 1.54) is 23.9 Å². The van der Waals surface area contributed by atoms with Crippen LogP contribution in [0, 0.1) is 10.1 Å². The molecule has 1 heterocycles. The second kappa shape index (κ2) is 6.69. The van der Waals surface area contributed by atoms with E-state index in [2.05, 4.69) is 4.98 Å². The summed E-state index contributed by atoms with van der Waals surface area (Å²) in [6.45, 7) is 0. The van der Waals surface area contributed by atoms with Crippen molar-refractivity contribution in [1.82, 2.24) is 4.98 Å². The van der Waals surface area contributed by atoms with E-state index in [0.717, 1.165) is 32.0 Å². The van der Waals surface area contributed by atoms with Crippen LogP contribution in [0.3, 0.4) is 0 Å². The molecule has 27 heavy (non-hydrogen) atoms. The van der Waals surface area contributed by atoms with Crippen molar-refractivity contribution in [1.29, 1.82) is 0 Å². The number of nitro benzene ring substituents is 1. The molecule has 0 aliphatic rings. The van der Waals surface area contributed by atoms with E-state index < -0.39 is 4.92 Å². The number of nitro groups is 1. The molecule has 0 amide bonds. The summed E-state index contributed by atoms with van der Waals surface area (Å²) in [5, 5.41) is 11.8. The number of nitrogens with zero attached hydrogens (tertiary/aromatic N) is 1. The standard InChI is InChI=1S/C20H16N4O2S/c21-15-5-3-7-17(27-13-10-8-12(9-11-13)24(25)26)18(15)20-19(22)14-4-1-2-6-16(14)23-20/h1-11,23H,21-22H2. The molecule has 0 aliphatic heterocycles. The van der Waals surface area contributed by atoms with Gasteiger partial charge in [-0.2, -0.15) is 0 Å². The summed E-state index contributed by atoms with van der Waals surface area (Å²) in [4.78, 5) is 15.6. The van der Waals surface area contributed by atoms with Gasteiger partial charge in [-0.05, 0) is 30.3 Å². The Labute approximate surface area is 159 Å². The summed E-state index contributed by atoms with van der Waals surface area (Å²) >= 11 is 1.48. The number of nitrogens with one attached hydrogen (secondary N) is 1. The Bertz CT molecular complexity index is 1150. The van der Waals surface area contributed by atoms with E-state index in [-0.39, 0.29) is 5.69 Å². The number of nitrogen functional groups attached to an aromatic ring is 2. The normalized spacial score (nSPS) is 11.0. The van der Waals surface area contributed by atoms with Crippen molar-refractivity contribution in [2.45, 2.75) is 9.79 Å². The van der Waals surface area contributed by atoms with E-state index >= 15 is 0 Å². The molecule has 5 N–H and O–H groups in total. The summed E-state index contributed by atoms with van der Waals surface area (Å²) < 4.78 is 0. The van der Waals surface area contributed by atoms with E-state index in [0.29, 0.717) is 11.4 Å². The number of nitrogens with two attached hydrogens (primary N) is 2. The molecule has 0 spiro atoms. The van der Waals surface area contributed by atoms with Crippen molar-refractivity contribution in [3.8, 4) is 11.3 Å². The van der Waals surface area contributed by atoms with Gasteiger partial charge in [-0.15, -0.1) is 0 Å². The lowest BCUT2D eigenvalue weighted by atomic mass is 10.1. The maximum atomic E-state index is 10.8. The zero-order chi connectivity index (χ0) is 19.0. The first-order valence-electron chi connectivity index (χ1n) is 8.22. The number of hydrogen-bond donors (Lipinski definition) is 3. The summed E-state index contributed by atoms with van der Waals surface area (Å²) in [6.07, 6.45) is 0. The summed E-state index contributed by atoms with van der Waals surface area (Å²) in [5.41, 5.74) is 16.5. The van der Waals surface area contributed by atoms with Crippen LogP contribution in [0.25, 0.3) is 22.2 Å². The first-order valence-corrected chi connectivity index (χ1v) is 9.03. The highest BCUT2D eigenvalue weighted by molar-refractivity contribution is 7.99. The Kier molecular flexibility index (Phi) is 4.21. The van der Waals surface area contributed by atoms with Crippen LogP contribution in [0.5, 0.6) is 0 Å². The number of non-ortho nitro benzene ring substituents is 1. The molecule has 7 heteroatoms. The fourth-order valence-electron chi connectivity index (χ4n) is 3.02. The Morgan fingerprint density at radius 3 is 2.37 bits per heavy atom. The number of hydrogen-bond acceptors (Lipinski definition) is 5. The minimum atomic E-state index is -0.411. The van der Waals surface area contributed by atoms with Crippen LogP contribution in [0.2, 0.25) is 0 Å². The van der Waals surface area contributed by atoms with E-state index in [9.17, 15) is 10.1 Å². The second-order valence-corrected chi connectivity index (χ2v) is 7.15. The minimum absolute atomic E-state index is 0.0620. The third kappa shape index (κ3) is 3.09. The van der Waals surface area contributed by atoms with Crippen LogP contribution in [0.4, 0.5) is 17.1 Å². The lowest BCUT2D eigenvalue weighted by Gasteiger charge is -2.12. The average Bonchev–Trinajstić information content (AvgIpc) is 2.99. The number of aromatic nitrogens is 1. The molecule has 4 aromatic rings. The van der Waals surface area contributed by atoms with Gasteiger partial charge in [0.15, 0.2) is 0 Å². The first kappa shape index (κ1) is 17.0. The zero-order valence-corrected chi connectivity index (χ0v) is 15.0. The fourth-order valence-corrected chi connectivity index (χ4v) is 4.02. The van der Waals surface area contributed by atoms with Crippen LogP contribution < -0.4 is 11.5 Å². The van der Waals surface area contributed by atoms with E-state index in [1.54, 1.807) is 12.1 Å². The van der Waals surface area contributed by atoms with Crippen LogP contribution in [-0.4, -0.2) is 9.91 Å². The monoisotopic (exact) mass is 376 g/mol. The summed E-state index contributed by atoms with van der Waals surface area (Å²) in [6, 6.07) is 19.9. The molecule has 0 radical (unpaired) electrons. The van der Waals surface area contributed by atoms with Crippen molar-refractivity contribution in [2.24, 2.45) is 0 Å². The molecule has 0 unspecified atom stereocenters. The molecule has 0 atom stereocenters. The van der Waals surface area contributed by atoms with Crippen molar-refractivity contribution in [3.05, 3.63) is 76.8 Å². The summed E-state index contributed by atoms with van der Waals surface area (Å²) in [5.74, 6) is 0. The maximum absolute atomic E-state index is 10.8. The molecule has 0 saturated carbocycles. The minimum Gasteiger partial charge on any atom is -0.398 e. The van der Waals surface area contributed by atoms with Gasteiger partial charge >= 0.3 is 0 Å². The predicted molar refractivity (Wildman–Crippen MR) is 110 cm³/mol. The molecular formula is C20H16N4O2S. The van der Waals surface area contributed by atoms with Crippen molar-refractivity contribution >= 4 is 39.7 Å². The van der Waals surface area contributed by atoms with Gasteiger partial charge in [0, 0.05) is 44.1 Å². The largest absolute Gasteiger partial charge is 0.398 e. The SMILES string of the molecule is Nc1cccc(Sc2ccc([N+](=O)[O-])cc2)c1-c1[nH]c2ccccc2c1N. The molecule has 0 fully saturated rings. The zero-order valence-electron chi connectivity index (χ0n) is 14.2. The predicted octanol–water partition coefficient (Wildman–Crippen LogP) is 5.06. The highest BCUT2D eigenvalue weighted by Gasteiger charge is 2.17. The lowest BCUT2D eigenvalue weighted by molar-refractivity contribution is -0.384. The number of fused-ring (bicyclic) bond motifs is 1. The number of para-hydroxylation sites is 1. The Balaban J connectivity index is 1.80. The quantitative estimate of drug-likeness (QED) is 0.262.